The quantitative estimate of drug-likeness (QED) is 0.661. The summed E-state index contributed by atoms with van der Waals surface area (Å²) in [5, 5.41) is 1.36. The lowest BCUT2D eigenvalue weighted by molar-refractivity contribution is -0.144. The van der Waals surface area contributed by atoms with E-state index in [1.165, 1.54) is 6.07 Å². The molecule has 1 aromatic rings. The number of fused-ring (bicyclic) bond motifs is 3. The predicted molar refractivity (Wildman–Crippen MR) is 85.5 cm³/mol. The van der Waals surface area contributed by atoms with Gasteiger partial charge in [0.2, 0.25) is 0 Å². The fourth-order valence-electron chi connectivity index (χ4n) is 4.98. The van der Waals surface area contributed by atoms with Crippen LogP contribution in [0.2, 0.25) is 5.02 Å². The smallest absolute Gasteiger partial charge is 0.270 e. The zero-order chi connectivity index (χ0) is 16.6. The number of imide groups is 1. The van der Waals surface area contributed by atoms with Gasteiger partial charge in [0.05, 0.1) is 11.8 Å². The van der Waals surface area contributed by atoms with Crippen LogP contribution in [0.5, 0.6) is 0 Å². The van der Waals surface area contributed by atoms with Gasteiger partial charge in [-0.3, -0.25) is 19.8 Å². The number of amides is 3. The number of halogens is 1. The summed E-state index contributed by atoms with van der Waals surface area (Å²) < 4.78 is 0. The minimum Gasteiger partial charge on any atom is -0.272 e. The number of allylic oxidation sites excluding steroid dienone is 2. The zero-order valence-corrected chi connectivity index (χ0v) is 13.5. The molecule has 0 unspecified atom stereocenters. The van der Waals surface area contributed by atoms with Crippen LogP contribution in [-0.2, 0) is 9.59 Å². The molecule has 3 amide bonds. The Kier molecular flexibility index (Phi) is 2.65. The van der Waals surface area contributed by atoms with Gasteiger partial charge in [-0.1, -0.05) is 29.8 Å². The minimum absolute atomic E-state index is 0.150. The fourth-order valence-corrected chi connectivity index (χ4v) is 5.17. The lowest BCUT2D eigenvalue weighted by Gasteiger charge is -2.22. The Morgan fingerprint density at radius 3 is 2.29 bits per heavy atom. The molecule has 1 heterocycles. The molecule has 24 heavy (non-hydrogen) atoms. The van der Waals surface area contributed by atoms with Crippen LogP contribution in [0.3, 0.4) is 0 Å². The van der Waals surface area contributed by atoms with Gasteiger partial charge >= 0.3 is 0 Å². The number of carbonyl (C=O) groups excluding carboxylic acids is 3. The Labute approximate surface area is 143 Å². The molecule has 122 valence electrons. The maximum atomic E-state index is 12.8. The molecule has 0 aromatic heterocycles. The molecule has 1 N–H and O–H groups in total. The number of nitrogens with one attached hydrogen (secondary N) is 1. The van der Waals surface area contributed by atoms with Gasteiger partial charge in [0.25, 0.3) is 17.7 Å². The van der Waals surface area contributed by atoms with E-state index < -0.39 is 5.91 Å². The van der Waals surface area contributed by atoms with Crippen LogP contribution in [0.1, 0.15) is 23.2 Å². The molecule has 5 rings (SSSR count). The number of nitrogens with zero attached hydrogens (tertiary/aromatic N) is 1. The molecule has 0 radical (unpaired) electrons. The average Bonchev–Trinajstić information content (AvgIpc) is 3.17. The maximum Gasteiger partial charge on any atom is 0.270 e. The summed E-state index contributed by atoms with van der Waals surface area (Å²) in [7, 11) is 0. The Morgan fingerprint density at radius 2 is 1.75 bits per heavy atom. The van der Waals surface area contributed by atoms with E-state index in [0.29, 0.717) is 10.6 Å². The van der Waals surface area contributed by atoms with Crippen LogP contribution in [0.4, 0.5) is 0 Å². The van der Waals surface area contributed by atoms with E-state index in [1.807, 2.05) is 0 Å². The molecule has 4 aliphatic rings. The summed E-state index contributed by atoms with van der Waals surface area (Å²) in [5.74, 6) is -1.37. The Balaban J connectivity index is 1.41. The van der Waals surface area contributed by atoms with E-state index in [1.54, 1.807) is 18.2 Å². The first-order chi connectivity index (χ1) is 11.5. The minimum atomic E-state index is -0.499. The standard InChI is InChI=1S/C18H15ClN2O3/c19-10-3-1-2-9(8-10)15(22)20-21-16(23)13-11-4-5-12(14(13)17(21)24)18(11)6-7-18/h1-5,8,11-14H,6-7H2,(H,20,22)/t11-,12+,13-,14-/m0/s1. The van der Waals surface area contributed by atoms with Gasteiger partial charge in [0, 0.05) is 10.6 Å². The van der Waals surface area contributed by atoms with Crippen LogP contribution < -0.4 is 5.43 Å². The van der Waals surface area contributed by atoms with Crippen LogP contribution in [0.15, 0.2) is 36.4 Å². The van der Waals surface area contributed by atoms with Crippen LogP contribution in [0, 0.1) is 29.1 Å². The second-order valence-corrected chi connectivity index (χ2v) is 7.62. The molecule has 1 aromatic carbocycles. The number of hydrogen-bond acceptors (Lipinski definition) is 3. The van der Waals surface area contributed by atoms with E-state index >= 15 is 0 Å². The molecule has 5 nitrogen and oxygen atoms in total. The van der Waals surface area contributed by atoms with Crippen LogP contribution >= 0.6 is 11.6 Å². The van der Waals surface area contributed by atoms with Gasteiger partial charge < -0.3 is 0 Å². The molecular weight excluding hydrogens is 328 g/mol. The lowest BCUT2D eigenvalue weighted by Crippen LogP contribution is -2.47. The first-order valence-corrected chi connectivity index (χ1v) is 8.53. The van der Waals surface area contributed by atoms with E-state index in [9.17, 15) is 14.4 Å². The largest absolute Gasteiger partial charge is 0.272 e. The van der Waals surface area contributed by atoms with E-state index in [-0.39, 0.29) is 40.9 Å². The van der Waals surface area contributed by atoms with Gasteiger partial charge in [-0.15, -0.1) is 0 Å². The zero-order valence-electron chi connectivity index (χ0n) is 12.7. The second-order valence-electron chi connectivity index (χ2n) is 7.18. The predicted octanol–water partition coefficient (Wildman–Crippen LogP) is 2.18. The van der Waals surface area contributed by atoms with Gasteiger partial charge in [-0.25, -0.2) is 0 Å². The molecule has 3 fully saturated rings. The summed E-state index contributed by atoms with van der Waals surface area (Å²) in [6, 6.07) is 6.42. The summed E-state index contributed by atoms with van der Waals surface area (Å²) in [6.45, 7) is 0. The Morgan fingerprint density at radius 1 is 1.12 bits per heavy atom. The average molecular weight is 343 g/mol. The third kappa shape index (κ3) is 1.63. The van der Waals surface area contributed by atoms with E-state index in [0.717, 1.165) is 17.9 Å². The summed E-state index contributed by atoms with van der Waals surface area (Å²) in [4.78, 5) is 37.9. The molecule has 2 saturated carbocycles. The van der Waals surface area contributed by atoms with Gasteiger partial charge in [-0.05, 0) is 48.3 Å². The van der Waals surface area contributed by atoms with Crippen molar-refractivity contribution < 1.29 is 14.4 Å². The van der Waals surface area contributed by atoms with E-state index in [4.69, 9.17) is 11.6 Å². The normalized spacial score (nSPS) is 34.1. The molecule has 3 aliphatic carbocycles. The highest BCUT2D eigenvalue weighted by Crippen LogP contribution is 2.73. The number of carbonyl (C=O) groups is 3. The van der Waals surface area contributed by atoms with Crippen LogP contribution in [0.25, 0.3) is 0 Å². The van der Waals surface area contributed by atoms with Crippen LogP contribution in [-0.4, -0.2) is 22.7 Å². The third-order valence-corrected chi connectivity index (χ3v) is 6.39. The highest BCUT2D eigenvalue weighted by Gasteiger charge is 2.73. The van der Waals surface area contributed by atoms with Crippen molar-refractivity contribution in [3.63, 3.8) is 0 Å². The van der Waals surface area contributed by atoms with Crippen molar-refractivity contribution in [3.8, 4) is 0 Å². The summed E-state index contributed by atoms with van der Waals surface area (Å²) in [6.07, 6.45) is 6.40. The summed E-state index contributed by atoms with van der Waals surface area (Å²) in [5.41, 5.74) is 2.95. The highest BCUT2D eigenvalue weighted by molar-refractivity contribution is 6.31. The van der Waals surface area contributed by atoms with Crippen molar-refractivity contribution in [2.24, 2.45) is 29.1 Å². The molecule has 2 bridgehead atoms. The number of rotatable bonds is 2. The van der Waals surface area contributed by atoms with Crippen molar-refractivity contribution in [1.82, 2.24) is 10.4 Å². The second kappa shape index (κ2) is 4.48. The SMILES string of the molecule is O=C(NN1C(=O)[C@@H]2[C@@H](C1=O)[C@@H]1C=C[C@H]2C12CC2)c1cccc(Cl)c1. The highest BCUT2D eigenvalue weighted by atomic mass is 35.5. The maximum absolute atomic E-state index is 12.8. The topological polar surface area (TPSA) is 66.5 Å². The fraction of sp³-hybridized carbons (Fsp3) is 0.389. The molecule has 4 atom stereocenters. The number of benzene rings is 1. The van der Waals surface area contributed by atoms with Gasteiger partial charge in [0.1, 0.15) is 0 Å². The van der Waals surface area contributed by atoms with Crippen molar-refractivity contribution in [2.45, 2.75) is 12.8 Å². The van der Waals surface area contributed by atoms with Crippen molar-refractivity contribution in [2.75, 3.05) is 0 Å². The first-order valence-electron chi connectivity index (χ1n) is 8.16. The third-order valence-electron chi connectivity index (χ3n) is 6.15. The van der Waals surface area contributed by atoms with E-state index in [2.05, 4.69) is 17.6 Å². The lowest BCUT2D eigenvalue weighted by atomic mass is 9.85. The molecule has 6 heteroatoms. The molecule has 1 saturated heterocycles. The number of hydrogen-bond donors (Lipinski definition) is 1. The van der Waals surface area contributed by atoms with Crippen molar-refractivity contribution >= 4 is 29.3 Å². The molecule has 1 spiro atoms. The first kappa shape index (κ1) is 14.2. The Bertz CT molecular complexity index is 795. The molecular formula is C18H15ClN2O3. The Hall–Kier alpha value is -2.14. The number of hydrazine groups is 1. The van der Waals surface area contributed by atoms with Gasteiger partial charge in [-0.2, -0.15) is 5.01 Å². The summed E-state index contributed by atoms with van der Waals surface area (Å²) >= 11 is 5.89. The molecule has 1 aliphatic heterocycles. The van der Waals surface area contributed by atoms with Crippen molar-refractivity contribution in [3.05, 3.63) is 47.0 Å². The van der Waals surface area contributed by atoms with Gasteiger partial charge in [0.15, 0.2) is 0 Å². The van der Waals surface area contributed by atoms with Crippen molar-refractivity contribution in [1.29, 1.82) is 0 Å². The monoisotopic (exact) mass is 342 g/mol.